The summed E-state index contributed by atoms with van der Waals surface area (Å²) in [5, 5.41) is 13.8. The first-order chi connectivity index (χ1) is 19.4. The molecule has 0 bridgehead atoms. The molecule has 0 saturated carbocycles. The van der Waals surface area contributed by atoms with E-state index in [2.05, 4.69) is 30.8 Å². The van der Waals surface area contributed by atoms with E-state index in [4.69, 9.17) is 14.2 Å². The number of esters is 1. The van der Waals surface area contributed by atoms with Gasteiger partial charge in [0.1, 0.15) is 6.61 Å². The van der Waals surface area contributed by atoms with Gasteiger partial charge in [0.05, 0.1) is 31.0 Å². The van der Waals surface area contributed by atoms with Crippen molar-refractivity contribution in [3.63, 3.8) is 0 Å². The van der Waals surface area contributed by atoms with Crippen molar-refractivity contribution in [2.75, 3.05) is 25.6 Å². The van der Waals surface area contributed by atoms with Crippen LogP contribution >= 0.6 is 0 Å². The Balaban J connectivity index is 1.32. The van der Waals surface area contributed by atoms with Gasteiger partial charge in [-0.25, -0.2) is 14.4 Å². The minimum atomic E-state index is -0.654. The van der Waals surface area contributed by atoms with Crippen molar-refractivity contribution in [3.8, 4) is 5.75 Å². The molecule has 0 spiro atoms. The summed E-state index contributed by atoms with van der Waals surface area (Å²) in [5.74, 6) is -0.709. The van der Waals surface area contributed by atoms with Crippen LogP contribution in [-0.4, -0.2) is 64.5 Å². The largest absolute Gasteiger partial charge is 0.494 e. The highest BCUT2D eigenvalue weighted by atomic mass is 19.1. The SMILES string of the molecule is COc1ccc(C(NC(=O)c2ccc3cnc(NC4CCOC(COC(C)=O)C4)nc3c2)c2cn[nH]c2)cc1F. The van der Waals surface area contributed by atoms with Crippen molar-refractivity contribution >= 4 is 28.7 Å². The van der Waals surface area contributed by atoms with Gasteiger partial charge in [-0.3, -0.25) is 14.7 Å². The van der Waals surface area contributed by atoms with Gasteiger partial charge in [0.2, 0.25) is 5.95 Å². The molecule has 3 unspecified atom stereocenters. The number of amides is 1. The van der Waals surface area contributed by atoms with Crippen LogP contribution in [-0.2, 0) is 14.3 Å². The number of methoxy groups -OCH3 is 1. The van der Waals surface area contributed by atoms with Crippen molar-refractivity contribution in [1.82, 2.24) is 25.5 Å². The molecule has 3 heterocycles. The topological polar surface area (TPSA) is 140 Å². The average Bonchev–Trinajstić information content (AvgIpc) is 3.49. The quantitative estimate of drug-likeness (QED) is 0.268. The van der Waals surface area contributed by atoms with Gasteiger partial charge in [-0.2, -0.15) is 5.10 Å². The van der Waals surface area contributed by atoms with E-state index in [0.29, 0.717) is 41.2 Å². The summed E-state index contributed by atoms with van der Waals surface area (Å²) in [6.07, 6.45) is 6.10. The van der Waals surface area contributed by atoms with Crippen molar-refractivity contribution in [2.45, 2.75) is 38.0 Å². The molecule has 40 heavy (non-hydrogen) atoms. The van der Waals surface area contributed by atoms with Gasteiger partial charge in [0.15, 0.2) is 11.6 Å². The fourth-order valence-corrected chi connectivity index (χ4v) is 4.61. The molecule has 1 aliphatic rings. The van der Waals surface area contributed by atoms with E-state index in [1.807, 2.05) is 0 Å². The first-order valence-corrected chi connectivity index (χ1v) is 12.8. The summed E-state index contributed by atoms with van der Waals surface area (Å²) in [6.45, 7) is 2.09. The summed E-state index contributed by atoms with van der Waals surface area (Å²) < 4.78 is 30.3. The lowest BCUT2D eigenvalue weighted by Crippen LogP contribution is -2.37. The second kappa shape index (κ2) is 12.1. The molecule has 12 heteroatoms. The van der Waals surface area contributed by atoms with Crippen LogP contribution in [0.25, 0.3) is 10.9 Å². The third kappa shape index (κ3) is 6.34. The zero-order valence-electron chi connectivity index (χ0n) is 22.0. The molecule has 0 aliphatic carbocycles. The van der Waals surface area contributed by atoms with Crippen molar-refractivity contribution < 1.29 is 28.2 Å². The number of nitrogens with zero attached hydrogens (tertiary/aromatic N) is 3. The minimum absolute atomic E-state index is 0.0406. The number of nitrogens with one attached hydrogen (secondary N) is 3. The van der Waals surface area contributed by atoms with Gasteiger partial charge in [0, 0.05) is 48.5 Å². The predicted molar refractivity (Wildman–Crippen MR) is 143 cm³/mol. The number of hydrogen-bond donors (Lipinski definition) is 3. The predicted octanol–water partition coefficient (Wildman–Crippen LogP) is 3.54. The monoisotopic (exact) mass is 548 g/mol. The number of ether oxygens (including phenoxy) is 3. The Morgan fingerprint density at radius 3 is 2.83 bits per heavy atom. The Hall–Kier alpha value is -4.58. The molecular formula is C28H29FN6O5. The number of rotatable bonds is 9. The van der Waals surface area contributed by atoms with E-state index in [1.165, 1.54) is 26.2 Å². The maximum absolute atomic E-state index is 14.5. The van der Waals surface area contributed by atoms with Crippen LogP contribution in [0.5, 0.6) is 5.75 Å². The summed E-state index contributed by atoms with van der Waals surface area (Å²) in [6, 6.07) is 9.07. The molecule has 2 aromatic carbocycles. The molecule has 0 radical (unpaired) electrons. The van der Waals surface area contributed by atoms with Gasteiger partial charge in [-0.05, 0) is 42.7 Å². The Morgan fingerprint density at radius 2 is 2.08 bits per heavy atom. The number of carbonyl (C=O) groups excluding carboxylic acids is 2. The van der Waals surface area contributed by atoms with Gasteiger partial charge >= 0.3 is 5.97 Å². The van der Waals surface area contributed by atoms with Crippen LogP contribution < -0.4 is 15.4 Å². The molecule has 3 N–H and O–H groups in total. The summed E-state index contributed by atoms with van der Waals surface area (Å²) in [7, 11) is 1.39. The summed E-state index contributed by atoms with van der Waals surface area (Å²) in [4.78, 5) is 33.5. The van der Waals surface area contributed by atoms with Crippen molar-refractivity contribution in [2.24, 2.45) is 0 Å². The standard InChI is InChI=1S/C28H29FN6O5/c1-16(36)40-15-22-11-21(7-8-39-22)33-28-30-12-19-4-3-18(10-24(19)34-28)27(37)35-26(20-13-31-32-14-20)17-5-6-25(38-2)23(29)9-17/h3-6,9-10,12-14,21-22,26H,7-8,11,15H2,1-2H3,(H,31,32)(H,35,37)(H,30,33,34). The molecule has 1 aliphatic heterocycles. The highest BCUT2D eigenvalue weighted by molar-refractivity contribution is 5.98. The van der Waals surface area contributed by atoms with Crippen molar-refractivity contribution in [3.05, 3.63) is 77.5 Å². The third-order valence-electron chi connectivity index (χ3n) is 6.66. The third-order valence-corrected chi connectivity index (χ3v) is 6.66. The lowest BCUT2D eigenvalue weighted by atomic mass is 10.0. The van der Waals surface area contributed by atoms with Crippen molar-refractivity contribution in [1.29, 1.82) is 0 Å². The number of aromatic amines is 1. The Morgan fingerprint density at radius 1 is 1.20 bits per heavy atom. The van der Waals surface area contributed by atoms with Gasteiger partial charge < -0.3 is 24.8 Å². The molecule has 1 fully saturated rings. The molecular weight excluding hydrogens is 519 g/mol. The van der Waals surface area contributed by atoms with E-state index in [1.54, 1.807) is 42.9 Å². The molecule has 208 valence electrons. The van der Waals surface area contributed by atoms with Crippen LogP contribution in [0.4, 0.5) is 10.3 Å². The summed E-state index contributed by atoms with van der Waals surface area (Å²) in [5.41, 5.74) is 2.17. The molecule has 2 aromatic heterocycles. The zero-order valence-corrected chi connectivity index (χ0v) is 22.0. The number of anilines is 1. The molecule has 3 atom stereocenters. The maximum Gasteiger partial charge on any atom is 0.302 e. The number of halogens is 1. The zero-order chi connectivity index (χ0) is 28.1. The number of fused-ring (bicyclic) bond motifs is 1. The normalized spacial score (nSPS) is 17.7. The van der Waals surface area contributed by atoms with Crippen LogP contribution in [0.3, 0.4) is 0 Å². The number of carbonyl (C=O) groups is 2. The Kier molecular flexibility index (Phi) is 8.15. The minimum Gasteiger partial charge on any atom is -0.494 e. The molecule has 11 nitrogen and oxygen atoms in total. The van der Waals surface area contributed by atoms with Gasteiger partial charge in [-0.15, -0.1) is 0 Å². The Bertz CT molecular complexity index is 1500. The van der Waals surface area contributed by atoms with Gasteiger partial charge in [0.25, 0.3) is 5.91 Å². The van der Waals surface area contributed by atoms with E-state index < -0.39 is 11.9 Å². The number of benzene rings is 2. The molecule has 5 rings (SSSR count). The average molecular weight is 549 g/mol. The van der Waals surface area contributed by atoms with E-state index in [-0.39, 0.29) is 36.4 Å². The first-order valence-electron chi connectivity index (χ1n) is 12.8. The molecule has 1 saturated heterocycles. The highest BCUT2D eigenvalue weighted by Gasteiger charge is 2.25. The fourth-order valence-electron chi connectivity index (χ4n) is 4.61. The van der Waals surface area contributed by atoms with Crippen LogP contribution in [0, 0.1) is 5.82 Å². The van der Waals surface area contributed by atoms with E-state index in [0.717, 1.165) is 11.8 Å². The second-order valence-corrected chi connectivity index (χ2v) is 9.46. The highest BCUT2D eigenvalue weighted by Crippen LogP contribution is 2.27. The smallest absolute Gasteiger partial charge is 0.302 e. The van der Waals surface area contributed by atoms with Crippen LogP contribution in [0.1, 0.15) is 47.3 Å². The Labute approximate surface area is 229 Å². The van der Waals surface area contributed by atoms with E-state index >= 15 is 0 Å². The lowest BCUT2D eigenvalue weighted by molar-refractivity contribution is -0.146. The summed E-state index contributed by atoms with van der Waals surface area (Å²) >= 11 is 0. The second-order valence-electron chi connectivity index (χ2n) is 9.46. The first kappa shape index (κ1) is 27.0. The molecule has 1 amide bonds. The van der Waals surface area contributed by atoms with Crippen LogP contribution in [0.2, 0.25) is 0 Å². The van der Waals surface area contributed by atoms with Crippen LogP contribution in [0.15, 0.2) is 55.0 Å². The van der Waals surface area contributed by atoms with Gasteiger partial charge in [-0.1, -0.05) is 12.1 Å². The molecule has 4 aromatic rings. The maximum atomic E-state index is 14.5. The van der Waals surface area contributed by atoms with E-state index in [9.17, 15) is 14.0 Å². The number of hydrogen-bond acceptors (Lipinski definition) is 9. The number of aromatic nitrogens is 4. The fraction of sp³-hybridized carbons (Fsp3) is 0.321. The number of H-pyrrole nitrogens is 1. The lowest BCUT2D eigenvalue weighted by Gasteiger charge is -2.29.